The van der Waals surface area contributed by atoms with Crippen LogP contribution in [-0.4, -0.2) is 32.1 Å². The lowest BCUT2D eigenvalue weighted by Crippen LogP contribution is -2.31. The second-order valence-electron chi connectivity index (χ2n) is 5.34. The van der Waals surface area contributed by atoms with Gasteiger partial charge in [-0.25, -0.2) is 0 Å². The quantitative estimate of drug-likeness (QED) is 0.860. The highest BCUT2D eigenvalue weighted by atomic mass is 15.1. The summed E-state index contributed by atoms with van der Waals surface area (Å²) in [7, 11) is 6.37. The van der Waals surface area contributed by atoms with Crippen molar-refractivity contribution in [3.63, 3.8) is 0 Å². The first kappa shape index (κ1) is 12.4. The third-order valence-electron chi connectivity index (χ3n) is 4.10. The third-order valence-corrected chi connectivity index (χ3v) is 4.10. The summed E-state index contributed by atoms with van der Waals surface area (Å²) in [6, 6.07) is 9.74. The van der Waals surface area contributed by atoms with Gasteiger partial charge in [-0.15, -0.1) is 0 Å². The fourth-order valence-corrected chi connectivity index (χ4v) is 2.85. The van der Waals surface area contributed by atoms with E-state index >= 15 is 0 Å². The van der Waals surface area contributed by atoms with Crippen molar-refractivity contribution in [2.45, 2.75) is 37.6 Å². The molecule has 0 saturated heterocycles. The number of hydrogen-bond acceptors (Lipinski definition) is 2. The predicted molar refractivity (Wildman–Crippen MR) is 74.7 cm³/mol. The van der Waals surface area contributed by atoms with Crippen molar-refractivity contribution in [1.29, 1.82) is 0 Å². The van der Waals surface area contributed by atoms with Crippen LogP contribution in [0.2, 0.25) is 0 Å². The molecule has 0 unspecified atom stereocenters. The molecule has 0 amide bonds. The molecule has 0 heterocycles. The SMILES string of the molecule is CNc1ccc(C2CCC(N(C)C)CC2)cc1. The van der Waals surface area contributed by atoms with Crippen molar-refractivity contribution in [3.05, 3.63) is 29.8 Å². The Bertz CT molecular complexity index is 334. The predicted octanol–water partition coefficient (Wildman–Crippen LogP) is 3.32. The van der Waals surface area contributed by atoms with Gasteiger partial charge < -0.3 is 10.2 Å². The number of nitrogens with one attached hydrogen (secondary N) is 1. The Morgan fingerprint density at radius 3 is 2.06 bits per heavy atom. The molecule has 1 aromatic carbocycles. The zero-order valence-electron chi connectivity index (χ0n) is 11.2. The van der Waals surface area contributed by atoms with Crippen LogP contribution in [0, 0.1) is 0 Å². The molecule has 0 aromatic heterocycles. The van der Waals surface area contributed by atoms with Gasteiger partial charge in [0.15, 0.2) is 0 Å². The summed E-state index contributed by atoms with van der Waals surface area (Å²) < 4.78 is 0. The largest absolute Gasteiger partial charge is 0.388 e. The van der Waals surface area contributed by atoms with Crippen LogP contribution in [0.5, 0.6) is 0 Å². The Labute approximate surface area is 105 Å². The van der Waals surface area contributed by atoms with Crippen molar-refractivity contribution >= 4 is 5.69 Å². The summed E-state index contributed by atoms with van der Waals surface area (Å²) in [6.45, 7) is 0. The second-order valence-corrected chi connectivity index (χ2v) is 5.34. The fraction of sp³-hybridized carbons (Fsp3) is 0.600. The highest BCUT2D eigenvalue weighted by Crippen LogP contribution is 2.34. The van der Waals surface area contributed by atoms with Crippen LogP contribution >= 0.6 is 0 Å². The van der Waals surface area contributed by atoms with Gasteiger partial charge in [0.2, 0.25) is 0 Å². The summed E-state index contributed by atoms with van der Waals surface area (Å²) in [5.41, 5.74) is 2.72. The van der Waals surface area contributed by atoms with E-state index in [1.54, 1.807) is 0 Å². The fourth-order valence-electron chi connectivity index (χ4n) is 2.85. The van der Waals surface area contributed by atoms with Crippen LogP contribution in [0.15, 0.2) is 24.3 Å². The van der Waals surface area contributed by atoms with Crippen LogP contribution < -0.4 is 5.32 Å². The first-order chi connectivity index (χ1) is 8.20. The van der Waals surface area contributed by atoms with Gasteiger partial charge in [0.1, 0.15) is 0 Å². The van der Waals surface area contributed by atoms with E-state index in [-0.39, 0.29) is 0 Å². The maximum atomic E-state index is 3.17. The molecule has 1 fully saturated rings. The summed E-state index contributed by atoms with van der Waals surface area (Å²) in [6.07, 6.45) is 5.35. The average Bonchev–Trinajstić information content (AvgIpc) is 2.39. The minimum absolute atomic E-state index is 0.775. The van der Waals surface area contributed by atoms with Crippen molar-refractivity contribution in [2.24, 2.45) is 0 Å². The summed E-state index contributed by atoms with van der Waals surface area (Å²) >= 11 is 0. The molecule has 17 heavy (non-hydrogen) atoms. The zero-order valence-corrected chi connectivity index (χ0v) is 11.2. The van der Waals surface area contributed by atoms with E-state index in [9.17, 15) is 0 Å². The molecule has 2 rings (SSSR count). The van der Waals surface area contributed by atoms with Gasteiger partial charge in [0.05, 0.1) is 0 Å². The number of hydrogen-bond donors (Lipinski definition) is 1. The number of rotatable bonds is 3. The molecule has 0 spiro atoms. The standard InChI is InChI=1S/C15H24N2/c1-16-14-8-4-12(5-9-14)13-6-10-15(11-7-13)17(2)3/h4-5,8-9,13,15-16H,6-7,10-11H2,1-3H3. The van der Waals surface area contributed by atoms with Gasteiger partial charge in [-0.05, 0) is 63.4 Å². The summed E-state index contributed by atoms with van der Waals surface area (Å²) in [4.78, 5) is 2.38. The van der Waals surface area contributed by atoms with Crippen molar-refractivity contribution in [2.75, 3.05) is 26.5 Å². The lowest BCUT2D eigenvalue weighted by atomic mass is 9.81. The smallest absolute Gasteiger partial charge is 0.0337 e. The maximum absolute atomic E-state index is 3.17. The molecule has 0 aliphatic heterocycles. The molecular weight excluding hydrogens is 208 g/mol. The van der Waals surface area contributed by atoms with E-state index in [0.29, 0.717) is 0 Å². The van der Waals surface area contributed by atoms with Crippen LogP contribution in [0.3, 0.4) is 0 Å². The van der Waals surface area contributed by atoms with E-state index in [4.69, 9.17) is 0 Å². The van der Waals surface area contributed by atoms with Gasteiger partial charge in [-0.1, -0.05) is 12.1 Å². The van der Waals surface area contributed by atoms with Crippen LogP contribution in [0.4, 0.5) is 5.69 Å². The molecule has 1 saturated carbocycles. The van der Waals surface area contributed by atoms with Crippen molar-refractivity contribution in [3.8, 4) is 0 Å². The molecule has 0 atom stereocenters. The Morgan fingerprint density at radius 2 is 1.59 bits per heavy atom. The van der Waals surface area contributed by atoms with E-state index in [1.165, 1.54) is 36.9 Å². The molecular formula is C15H24N2. The maximum Gasteiger partial charge on any atom is 0.0337 e. The Hall–Kier alpha value is -1.02. The van der Waals surface area contributed by atoms with Crippen molar-refractivity contribution in [1.82, 2.24) is 4.90 Å². The van der Waals surface area contributed by atoms with E-state index in [2.05, 4.69) is 48.6 Å². The lowest BCUT2D eigenvalue weighted by molar-refractivity contribution is 0.216. The van der Waals surface area contributed by atoms with Crippen LogP contribution in [-0.2, 0) is 0 Å². The highest BCUT2D eigenvalue weighted by Gasteiger charge is 2.23. The topological polar surface area (TPSA) is 15.3 Å². The van der Waals surface area contributed by atoms with Gasteiger partial charge in [0, 0.05) is 18.8 Å². The molecule has 0 radical (unpaired) electrons. The molecule has 2 nitrogen and oxygen atoms in total. The summed E-state index contributed by atoms with van der Waals surface area (Å²) in [5, 5.41) is 3.17. The average molecular weight is 232 g/mol. The Morgan fingerprint density at radius 1 is 1.00 bits per heavy atom. The molecule has 94 valence electrons. The second kappa shape index (κ2) is 5.54. The molecule has 1 aromatic rings. The number of nitrogens with zero attached hydrogens (tertiary/aromatic N) is 1. The van der Waals surface area contributed by atoms with Crippen LogP contribution in [0.1, 0.15) is 37.2 Å². The van der Waals surface area contributed by atoms with E-state index in [0.717, 1.165) is 12.0 Å². The van der Waals surface area contributed by atoms with Gasteiger partial charge in [-0.3, -0.25) is 0 Å². The lowest BCUT2D eigenvalue weighted by Gasteiger charge is -2.32. The normalized spacial score (nSPS) is 24.9. The first-order valence-electron chi connectivity index (χ1n) is 6.65. The van der Waals surface area contributed by atoms with Crippen molar-refractivity contribution < 1.29 is 0 Å². The number of benzene rings is 1. The molecule has 0 bridgehead atoms. The monoisotopic (exact) mass is 232 g/mol. The molecule has 1 N–H and O–H groups in total. The zero-order chi connectivity index (χ0) is 12.3. The highest BCUT2D eigenvalue weighted by molar-refractivity contribution is 5.44. The minimum Gasteiger partial charge on any atom is -0.388 e. The Balaban J connectivity index is 1.95. The van der Waals surface area contributed by atoms with Gasteiger partial charge in [-0.2, -0.15) is 0 Å². The molecule has 2 heteroatoms. The molecule has 1 aliphatic carbocycles. The number of anilines is 1. The minimum atomic E-state index is 0.775. The summed E-state index contributed by atoms with van der Waals surface area (Å²) in [5.74, 6) is 0.775. The van der Waals surface area contributed by atoms with E-state index < -0.39 is 0 Å². The first-order valence-corrected chi connectivity index (χ1v) is 6.65. The third kappa shape index (κ3) is 3.01. The van der Waals surface area contributed by atoms with Gasteiger partial charge >= 0.3 is 0 Å². The van der Waals surface area contributed by atoms with Crippen LogP contribution in [0.25, 0.3) is 0 Å². The van der Waals surface area contributed by atoms with Gasteiger partial charge in [0.25, 0.3) is 0 Å². The molecule has 1 aliphatic rings. The Kier molecular flexibility index (Phi) is 4.06. The van der Waals surface area contributed by atoms with E-state index in [1.807, 2.05) is 7.05 Å².